The monoisotopic (exact) mass is 346 g/mol. The molecule has 0 atom stereocenters. The molecule has 2 fully saturated rings. The average Bonchev–Trinajstić information content (AvgIpc) is 2.74. The molecule has 0 unspecified atom stereocenters. The summed E-state index contributed by atoms with van der Waals surface area (Å²) in [6.07, 6.45) is 4.42. The van der Waals surface area contributed by atoms with E-state index in [0.29, 0.717) is 36.6 Å². The van der Waals surface area contributed by atoms with Crippen molar-refractivity contribution >= 4 is 11.8 Å². The Kier molecular flexibility index (Phi) is 4.92. The summed E-state index contributed by atoms with van der Waals surface area (Å²) in [5, 5.41) is 2.94. The normalized spacial score (nSPS) is 20.2. The van der Waals surface area contributed by atoms with E-state index in [1.165, 1.54) is 0 Å². The molecule has 136 valence electrons. The molecule has 2 saturated heterocycles. The fraction of sp³-hybridized carbons (Fsp3) is 0.667. The molecule has 25 heavy (non-hydrogen) atoms. The molecule has 7 nitrogen and oxygen atoms in total. The molecule has 0 bridgehead atoms. The summed E-state index contributed by atoms with van der Waals surface area (Å²) in [7, 11) is 0. The molecule has 1 aromatic rings. The van der Waals surface area contributed by atoms with E-state index in [9.17, 15) is 14.4 Å². The highest BCUT2D eigenvalue weighted by Gasteiger charge is 2.37. The minimum Gasteiger partial charge on any atom is -0.356 e. The van der Waals surface area contributed by atoms with Gasteiger partial charge in [0.2, 0.25) is 11.8 Å². The molecular weight excluding hydrogens is 320 g/mol. The number of rotatable bonds is 2. The lowest BCUT2D eigenvalue weighted by Crippen LogP contribution is -2.44. The second-order valence-corrected chi connectivity index (χ2v) is 7.37. The van der Waals surface area contributed by atoms with Crippen molar-refractivity contribution in [3.63, 3.8) is 0 Å². The number of hydrogen-bond acceptors (Lipinski definition) is 4. The zero-order valence-corrected chi connectivity index (χ0v) is 15.0. The van der Waals surface area contributed by atoms with Gasteiger partial charge in [0.15, 0.2) is 0 Å². The Bertz CT molecular complexity index is 732. The number of amides is 2. The van der Waals surface area contributed by atoms with Crippen molar-refractivity contribution in [1.29, 1.82) is 0 Å². The lowest BCUT2D eigenvalue weighted by atomic mass is 9.73. The summed E-state index contributed by atoms with van der Waals surface area (Å²) in [5.74, 6) is 0.684. The summed E-state index contributed by atoms with van der Waals surface area (Å²) < 4.78 is 0. The summed E-state index contributed by atoms with van der Waals surface area (Å²) in [4.78, 5) is 45.0. The Morgan fingerprint density at radius 3 is 2.56 bits per heavy atom. The maximum atomic E-state index is 12.6. The smallest absolute Gasteiger partial charge is 0.254 e. The highest BCUT2D eigenvalue weighted by atomic mass is 16.2. The number of carbonyl (C=O) groups excluding carboxylic acids is 2. The van der Waals surface area contributed by atoms with Gasteiger partial charge in [0.25, 0.3) is 5.56 Å². The van der Waals surface area contributed by atoms with Crippen molar-refractivity contribution in [2.45, 2.75) is 52.4 Å². The van der Waals surface area contributed by atoms with Crippen molar-refractivity contribution in [3.05, 3.63) is 27.4 Å². The molecule has 1 spiro atoms. The molecule has 2 amide bonds. The Labute approximate surface area is 147 Å². The van der Waals surface area contributed by atoms with Crippen LogP contribution in [0.2, 0.25) is 0 Å². The lowest BCUT2D eigenvalue weighted by Gasteiger charge is -2.41. The number of nitrogens with zero attached hydrogens (tertiary/aromatic N) is 2. The van der Waals surface area contributed by atoms with E-state index in [4.69, 9.17) is 0 Å². The van der Waals surface area contributed by atoms with E-state index in [1.807, 2.05) is 4.90 Å². The highest BCUT2D eigenvalue weighted by Crippen LogP contribution is 2.40. The topological polar surface area (TPSA) is 95.2 Å². The number of aryl methyl sites for hydroxylation is 2. The Hall–Kier alpha value is -2.18. The quantitative estimate of drug-likeness (QED) is 0.829. The van der Waals surface area contributed by atoms with Gasteiger partial charge in [-0.15, -0.1) is 0 Å². The number of aromatic amines is 1. The SMILES string of the molecule is Cc1nc(C)c(CC(=O)N2CCC3(CCNC(=O)CC3)CC2)c(=O)[nH]1. The number of H-pyrrole nitrogens is 1. The van der Waals surface area contributed by atoms with Gasteiger partial charge >= 0.3 is 0 Å². The van der Waals surface area contributed by atoms with E-state index in [2.05, 4.69) is 15.3 Å². The average molecular weight is 346 g/mol. The van der Waals surface area contributed by atoms with Crippen molar-refractivity contribution in [2.24, 2.45) is 5.41 Å². The van der Waals surface area contributed by atoms with Crippen LogP contribution in [0.4, 0.5) is 0 Å². The third-order valence-electron chi connectivity index (χ3n) is 5.71. The zero-order valence-electron chi connectivity index (χ0n) is 15.0. The molecular formula is C18H26N4O3. The molecule has 0 aliphatic carbocycles. The first-order valence-electron chi connectivity index (χ1n) is 8.99. The molecule has 0 radical (unpaired) electrons. The predicted molar refractivity (Wildman–Crippen MR) is 93.1 cm³/mol. The third kappa shape index (κ3) is 3.91. The van der Waals surface area contributed by atoms with Gasteiger partial charge in [-0.2, -0.15) is 0 Å². The van der Waals surface area contributed by atoms with Crippen molar-refractivity contribution in [3.8, 4) is 0 Å². The first-order chi connectivity index (χ1) is 11.9. The maximum absolute atomic E-state index is 12.6. The van der Waals surface area contributed by atoms with Crippen molar-refractivity contribution < 1.29 is 9.59 Å². The van der Waals surface area contributed by atoms with E-state index < -0.39 is 0 Å². The molecule has 2 aliphatic rings. The third-order valence-corrected chi connectivity index (χ3v) is 5.71. The molecule has 3 heterocycles. The number of hydrogen-bond donors (Lipinski definition) is 2. The van der Waals surface area contributed by atoms with Gasteiger partial charge in [-0.1, -0.05) is 0 Å². The molecule has 2 N–H and O–H groups in total. The van der Waals surface area contributed by atoms with Crippen LogP contribution >= 0.6 is 0 Å². The first kappa shape index (κ1) is 17.6. The van der Waals surface area contributed by atoms with Crippen LogP contribution in [-0.4, -0.2) is 46.3 Å². The number of piperidine rings is 1. The number of likely N-dealkylation sites (tertiary alicyclic amines) is 1. The first-order valence-corrected chi connectivity index (χ1v) is 8.99. The standard InChI is InChI=1S/C18H26N4O3/c1-12-14(17(25)21-13(2)20-12)11-16(24)22-9-6-18(7-10-22)4-3-15(23)19-8-5-18/h3-11H2,1-2H3,(H,19,23)(H,20,21,25). The summed E-state index contributed by atoms with van der Waals surface area (Å²) in [5.41, 5.74) is 1.03. The van der Waals surface area contributed by atoms with Crippen molar-refractivity contribution in [1.82, 2.24) is 20.2 Å². The summed E-state index contributed by atoms with van der Waals surface area (Å²) in [6, 6.07) is 0. The largest absolute Gasteiger partial charge is 0.356 e. The highest BCUT2D eigenvalue weighted by molar-refractivity contribution is 5.79. The predicted octanol–water partition coefficient (Wildman–Crippen LogP) is 0.838. The Balaban J connectivity index is 1.62. The molecule has 2 aliphatic heterocycles. The van der Waals surface area contributed by atoms with E-state index >= 15 is 0 Å². The van der Waals surface area contributed by atoms with Gasteiger partial charge in [-0.25, -0.2) is 4.98 Å². The summed E-state index contributed by atoms with van der Waals surface area (Å²) >= 11 is 0. The second kappa shape index (κ2) is 6.98. The second-order valence-electron chi connectivity index (χ2n) is 7.37. The van der Waals surface area contributed by atoms with Crippen LogP contribution in [0.1, 0.15) is 49.2 Å². The molecule has 3 rings (SSSR count). The minimum atomic E-state index is -0.222. The van der Waals surface area contributed by atoms with Gasteiger partial charge in [0, 0.05) is 37.3 Å². The van der Waals surface area contributed by atoms with Crippen LogP contribution in [0.25, 0.3) is 0 Å². The Morgan fingerprint density at radius 2 is 1.88 bits per heavy atom. The Morgan fingerprint density at radius 1 is 1.16 bits per heavy atom. The fourth-order valence-corrected chi connectivity index (χ4v) is 4.01. The van der Waals surface area contributed by atoms with Gasteiger partial charge in [0.1, 0.15) is 5.82 Å². The van der Waals surface area contributed by atoms with E-state index in [1.54, 1.807) is 13.8 Å². The van der Waals surface area contributed by atoms with Crippen LogP contribution in [0.5, 0.6) is 0 Å². The van der Waals surface area contributed by atoms with Gasteiger partial charge in [-0.05, 0) is 44.9 Å². The molecule has 0 saturated carbocycles. The lowest BCUT2D eigenvalue weighted by molar-refractivity contribution is -0.133. The number of nitrogens with one attached hydrogen (secondary N) is 2. The molecule has 1 aromatic heterocycles. The maximum Gasteiger partial charge on any atom is 0.254 e. The van der Waals surface area contributed by atoms with Gasteiger partial charge in [0.05, 0.1) is 6.42 Å². The van der Waals surface area contributed by atoms with Crippen LogP contribution < -0.4 is 10.9 Å². The minimum absolute atomic E-state index is 0.0167. The van der Waals surface area contributed by atoms with Crippen LogP contribution in [0.15, 0.2) is 4.79 Å². The van der Waals surface area contributed by atoms with E-state index in [0.717, 1.165) is 32.2 Å². The van der Waals surface area contributed by atoms with Crippen LogP contribution in [-0.2, 0) is 16.0 Å². The van der Waals surface area contributed by atoms with Crippen molar-refractivity contribution in [2.75, 3.05) is 19.6 Å². The number of aromatic nitrogens is 2. The fourth-order valence-electron chi connectivity index (χ4n) is 4.01. The summed E-state index contributed by atoms with van der Waals surface area (Å²) in [6.45, 7) is 5.63. The van der Waals surface area contributed by atoms with E-state index in [-0.39, 0.29) is 29.2 Å². The molecule has 0 aromatic carbocycles. The van der Waals surface area contributed by atoms with Gasteiger partial charge in [-0.3, -0.25) is 14.4 Å². The number of carbonyl (C=O) groups is 2. The zero-order chi connectivity index (χ0) is 18.0. The van der Waals surface area contributed by atoms with Crippen LogP contribution in [0.3, 0.4) is 0 Å². The molecule has 7 heteroatoms. The van der Waals surface area contributed by atoms with Gasteiger partial charge < -0.3 is 15.2 Å². The van der Waals surface area contributed by atoms with Crippen LogP contribution in [0, 0.1) is 19.3 Å².